The Labute approximate surface area is 206 Å². The summed E-state index contributed by atoms with van der Waals surface area (Å²) in [5.41, 5.74) is 4.47. The minimum absolute atomic E-state index is 0.0658. The largest absolute Gasteiger partial charge is 0.354 e. The molecule has 32 heavy (non-hydrogen) atoms. The van der Waals surface area contributed by atoms with Crippen molar-refractivity contribution < 1.29 is 9.59 Å². The first-order valence-corrected chi connectivity index (χ1v) is 12.8. The molecule has 2 rings (SSSR count). The molecule has 2 aromatic carbocycles. The maximum absolute atomic E-state index is 13.3. The quantitative estimate of drug-likeness (QED) is 0.405. The Kier molecular flexibility index (Phi) is 10.9. The van der Waals surface area contributed by atoms with Gasteiger partial charge in [0.2, 0.25) is 11.8 Å². The number of carbonyl (C=O) groups excluding carboxylic acids is 2. The highest BCUT2D eigenvalue weighted by Crippen LogP contribution is 2.25. The summed E-state index contributed by atoms with van der Waals surface area (Å²) in [7, 11) is 0. The summed E-state index contributed by atoms with van der Waals surface area (Å²) < 4.78 is 0. The Morgan fingerprint density at radius 3 is 2.28 bits per heavy atom. The molecule has 0 saturated heterocycles. The van der Waals surface area contributed by atoms with Gasteiger partial charge in [0.25, 0.3) is 0 Å². The molecule has 0 radical (unpaired) electrons. The van der Waals surface area contributed by atoms with Gasteiger partial charge in [-0.3, -0.25) is 9.59 Å². The van der Waals surface area contributed by atoms with Crippen LogP contribution in [0.2, 0.25) is 10.0 Å². The lowest BCUT2D eigenvalue weighted by atomic mass is 10.1. The maximum atomic E-state index is 13.3. The summed E-state index contributed by atoms with van der Waals surface area (Å²) in [6.45, 7) is 8.97. The molecule has 0 aliphatic heterocycles. The first kappa shape index (κ1) is 26.6. The lowest BCUT2D eigenvalue weighted by Gasteiger charge is -2.30. The number of carbonyl (C=O) groups is 2. The second-order valence-electron chi connectivity index (χ2n) is 7.97. The molecule has 1 atom stereocenters. The van der Waals surface area contributed by atoms with Crippen molar-refractivity contribution in [3.63, 3.8) is 0 Å². The molecule has 1 N–H and O–H groups in total. The maximum Gasteiger partial charge on any atom is 0.242 e. The zero-order valence-electron chi connectivity index (χ0n) is 19.2. The lowest BCUT2D eigenvalue weighted by Crippen LogP contribution is -2.49. The van der Waals surface area contributed by atoms with Crippen LogP contribution in [-0.2, 0) is 21.9 Å². The van der Waals surface area contributed by atoms with Crippen LogP contribution >= 0.6 is 35.0 Å². The molecule has 0 aliphatic rings. The molecule has 0 aromatic heterocycles. The van der Waals surface area contributed by atoms with Crippen molar-refractivity contribution in [3.05, 3.63) is 68.7 Å². The van der Waals surface area contributed by atoms with Gasteiger partial charge in [-0.15, -0.1) is 11.8 Å². The van der Waals surface area contributed by atoms with Gasteiger partial charge in [-0.1, -0.05) is 72.4 Å². The van der Waals surface area contributed by atoms with Crippen LogP contribution in [0.5, 0.6) is 0 Å². The van der Waals surface area contributed by atoms with Gasteiger partial charge in [-0.2, -0.15) is 0 Å². The number of halogens is 2. The fourth-order valence-electron chi connectivity index (χ4n) is 3.61. The van der Waals surface area contributed by atoms with Crippen molar-refractivity contribution >= 4 is 46.8 Å². The minimum atomic E-state index is -0.537. The van der Waals surface area contributed by atoms with Crippen molar-refractivity contribution in [2.45, 2.75) is 58.9 Å². The number of nitrogens with one attached hydrogen (secondary N) is 1. The predicted octanol–water partition coefficient (Wildman–Crippen LogP) is 6.18. The van der Waals surface area contributed by atoms with E-state index < -0.39 is 6.04 Å². The minimum Gasteiger partial charge on any atom is -0.354 e. The zero-order chi connectivity index (χ0) is 23.7. The van der Waals surface area contributed by atoms with Crippen LogP contribution in [-0.4, -0.2) is 35.1 Å². The van der Waals surface area contributed by atoms with Crippen LogP contribution in [0.3, 0.4) is 0 Å². The molecule has 174 valence electrons. The van der Waals surface area contributed by atoms with Crippen LogP contribution in [0.1, 0.15) is 48.9 Å². The summed E-state index contributed by atoms with van der Waals surface area (Å²) in [5, 5.41) is 3.83. The van der Waals surface area contributed by atoms with Crippen LogP contribution in [0.25, 0.3) is 0 Å². The number of hydrogen-bond acceptors (Lipinski definition) is 3. The molecule has 0 spiro atoms. The smallest absolute Gasteiger partial charge is 0.242 e. The van der Waals surface area contributed by atoms with E-state index in [-0.39, 0.29) is 11.8 Å². The van der Waals surface area contributed by atoms with E-state index in [1.807, 2.05) is 19.9 Å². The Bertz CT molecular complexity index is 916. The van der Waals surface area contributed by atoms with E-state index >= 15 is 0 Å². The molecular formula is C25H32Cl2N2O2S. The van der Waals surface area contributed by atoms with E-state index in [9.17, 15) is 9.59 Å². The van der Waals surface area contributed by atoms with Crippen LogP contribution in [0.4, 0.5) is 0 Å². The third-order valence-corrected chi connectivity index (χ3v) is 6.78. The standard InChI is InChI=1S/C25H32Cl2N2O2S/c1-5-9-28-25(31)23(6-2)29(14-19-7-8-21(26)22(27)13-19)24(30)16-32-15-20-11-17(3)10-18(4)12-20/h7-8,10-13,23H,5-6,9,14-16H2,1-4H3,(H,28,31)/t23-/m1/s1. The Hall–Kier alpha value is -1.69. The number of amides is 2. The average molecular weight is 496 g/mol. The van der Waals surface area contributed by atoms with Gasteiger partial charge in [0.15, 0.2) is 0 Å². The summed E-state index contributed by atoms with van der Waals surface area (Å²) in [4.78, 5) is 27.7. The van der Waals surface area contributed by atoms with Gasteiger partial charge in [0.1, 0.15) is 6.04 Å². The highest BCUT2D eigenvalue weighted by Gasteiger charge is 2.28. The monoisotopic (exact) mass is 494 g/mol. The molecule has 7 heteroatoms. The van der Waals surface area contributed by atoms with Crippen molar-refractivity contribution in [1.29, 1.82) is 0 Å². The van der Waals surface area contributed by atoms with Crippen LogP contribution < -0.4 is 5.32 Å². The highest BCUT2D eigenvalue weighted by molar-refractivity contribution is 7.99. The molecule has 0 unspecified atom stereocenters. The molecule has 2 aromatic rings. The van der Waals surface area contributed by atoms with Crippen molar-refractivity contribution in [1.82, 2.24) is 10.2 Å². The summed E-state index contributed by atoms with van der Waals surface area (Å²) in [5.74, 6) is 0.852. The number of thioether (sulfide) groups is 1. The molecular weight excluding hydrogens is 463 g/mol. The van der Waals surface area contributed by atoms with E-state index in [1.165, 1.54) is 16.7 Å². The van der Waals surface area contributed by atoms with Gasteiger partial charge >= 0.3 is 0 Å². The van der Waals surface area contributed by atoms with E-state index in [4.69, 9.17) is 23.2 Å². The molecule has 0 aliphatic carbocycles. The number of hydrogen-bond donors (Lipinski definition) is 1. The zero-order valence-corrected chi connectivity index (χ0v) is 21.5. The summed E-state index contributed by atoms with van der Waals surface area (Å²) >= 11 is 13.8. The van der Waals surface area contributed by atoms with E-state index in [1.54, 1.807) is 28.8 Å². The Morgan fingerprint density at radius 1 is 1.00 bits per heavy atom. The average Bonchev–Trinajstić information content (AvgIpc) is 2.73. The van der Waals surface area contributed by atoms with Gasteiger partial charge in [-0.05, 0) is 49.9 Å². The van der Waals surface area contributed by atoms with E-state index in [0.717, 1.165) is 17.7 Å². The van der Waals surface area contributed by atoms with Crippen molar-refractivity contribution in [2.75, 3.05) is 12.3 Å². The second-order valence-corrected chi connectivity index (χ2v) is 9.77. The molecule has 0 heterocycles. The van der Waals surface area contributed by atoms with Gasteiger partial charge in [0, 0.05) is 18.8 Å². The highest BCUT2D eigenvalue weighted by atomic mass is 35.5. The number of benzene rings is 2. The van der Waals surface area contributed by atoms with Crippen molar-refractivity contribution in [3.8, 4) is 0 Å². The van der Waals surface area contributed by atoms with Gasteiger partial charge in [0.05, 0.1) is 15.8 Å². The lowest BCUT2D eigenvalue weighted by molar-refractivity contribution is -0.139. The Balaban J connectivity index is 2.16. The first-order chi connectivity index (χ1) is 15.2. The molecule has 0 saturated carbocycles. The molecule has 2 amide bonds. The topological polar surface area (TPSA) is 49.4 Å². The van der Waals surface area contributed by atoms with Crippen molar-refractivity contribution in [2.24, 2.45) is 0 Å². The second kappa shape index (κ2) is 13.1. The predicted molar refractivity (Wildman–Crippen MR) is 136 cm³/mol. The third-order valence-electron chi connectivity index (χ3n) is 5.05. The van der Waals surface area contributed by atoms with Crippen LogP contribution in [0, 0.1) is 13.8 Å². The van der Waals surface area contributed by atoms with Gasteiger partial charge < -0.3 is 10.2 Å². The molecule has 0 bridgehead atoms. The fourth-order valence-corrected chi connectivity index (χ4v) is 4.78. The Morgan fingerprint density at radius 2 is 1.69 bits per heavy atom. The van der Waals surface area contributed by atoms with Crippen LogP contribution in [0.15, 0.2) is 36.4 Å². The fraction of sp³-hybridized carbons (Fsp3) is 0.440. The third kappa shape index (κ3) is 8.02. The molecule has 4 nitrogen and oxygen atoms in total. The summed E-state index contributed by atoms with van der Waals surface area (Å²) in [6, 6.07) is 11.2. The summed E-state index contributed by atoms with van der Waals surface area (Å²) in [6.07, 6.45) is 1.37. The van der Waals surface area contributed by atoms with E-state index in [0.29, 0.717) is 35.3 Å². The normalized spacial score (nSPS) is 11.8. The number of nitrogens with zero attached hydrogens (tertiary/aromatic N) is 1. The molecule has 0 fully saturated rings. The number of rotatable bonds is 11. The SMILES string of the molecule is CCCNC(=O)[C@@H](CC)N(Cc1ccc(Cl)c(Cl)c1)C(=O)CSCc1cc(C)cc(C)c1. The van der Waals surface area contributed by atoms with Gasteiger partial charge in [-0.25, -0.2) is 0 Å². The van der Waals surface area contributed by atoms with E-state index in [2.05, 4.69) is 37.4 Å². The number of aryl methyl sites for hydroxylation is 2. The first-order valence-electron chi connectivity index (χ1n) is 10.9.